The van der Waals surface area contributed by atoms with Crippen LogP contribution >= 0.6 is 0 Å². The molecule has 17 heteroatoms. The number of nitrogens with zero attached hydrogens (tertiary/aromatic N) is 2. The number of esters is 5. The van der Waals surface area contributed by atoms with Gasteiger partial charge in [0.2, 0.25) is 5.91 Å². The number of carbonyl (C=O) groups excluding carboxylic acids is 8. The first kappa shape index (κ1) is 42.0. The Balaban J connectivity index is 5.53. The molecular weight excluding hydrogens is 612 g/mol. The molecule has 0 aliphatic rings. The molecule has 0 bridgehead atoms. The maximum absolute atomic E-state index is 12.8. The quantitative estimate of drug-likeness (QED) is 0.0717. The Morgan fingerprint density at radius 1 is 0.587 bits per heavy atom. The molecule has 0 saturated carbocycles. The third-order valence-corrected chi connectivity index (χ3v) is 5.83. The number of amides is 1. The monoisotopic (exact) mass is 660 g/mol. The first-order valence-electron chi connectivity index (χ1n) is 14.6. The number of hydrogen-bond acceptors (Lipinski definition) is 16. The second kappa shape index (κ2) is 22.5. The maximum Gasteiger partial charge on any atom is 0.303 e. The standard InChI is InChI=1S/C29H48N4O13/c1-18(34)14-33(15-19(2)35)12-10-30-9-11-32(8)16-27(41)31-13-25(43-21(4)37)28(45-23(6)39)29(46-24(7)40)26(44-22(5)38)17-42-20(3)36/h25-26,28-30H,9-17H2,1-8H3,(H,31,41). The summed E-state index contributed by atoms with van der Waals surface area (Å²) in [4.78, 5) is 98.5. The van der Waals surface area contributed by atoms with Crippen LogP contribution in [0.2, 0.25) is 0 Å². The molecule has 0 aromatic carbocycles. The summed E-state index contributed by atoms with van der Waals surface area (Å²) >= 11 is 0. The lowest BCUT2D eigenvalue weighted by molar-refractivity contribution is -0.202. The van der Waals surface area contributed by atoms with E-state index in [0.717, 1.165) is 34.6 Å². The maximum atomic E-state index is 12.8. The summed E-state index contributed by atoms with van der Waals surface area (Å²) < 4.78 is 26.2. The summed E-state index contributed by atoms with van der Waals surface area (Å²) in [6.45, 7) is 9.43. The van der Waals surface area contributed by atoms with Gasteiger partial charge in [-0.15, -0.1) is 0 Å². The number of hydrogen-bond donors (Lipinski definition) is 2. The first-order valence-corrected chi connectivity index (χ1v) is 14.6. The van der Waals surface area contributed by atoms with Crippen LogP contribution in [0.5, 0.6) is 0 Å². The third-order valence-electron chi connectivity index (χ3n) is 5.83. The predicted octanol–water partition coefficient (Wildman–Crippen LogP) is -1.61. The van der Waals surface area contributed by atoms with Crippen molar-refractivity contribution in [2.45, 2.75) is 72.9 Å². The second-order valence-corrected chi connectivity index (χ2v) is 10.7. The topological polar surface area (TPSA) is 213 Å². The van der Waals surface area contributed by atoms with Crippen molar-refractivity contribution in [3.8, 4) is 0 Å². The summed E-state index contributed by atoms with van der Waals surface area (Å²) in [5.41, 5.74) is 0. The third kappa shape index (κ3) is 20.9. The van der Waals surface area contributed by atoms with E-state index in [1.165, 1.54) is 13.8 Å². The van der Waals surface area contributed by atoms with E-state index < -0.39 is 73.3 Å². The van der Waals surface area contributed by atoms with Gasteiger partial charge in [0.25, 0.3) is 0 Å². The highest BCUT2D eigenvalue weighted by atomic mass is 16.6. The van der Waals surface area contributed by atoms with Crippen molar-refractivity contribution in [3.63, 3.8) is 0 Å². The van der Waals surface area contributed by atoms with Gasteiger partial charge in [0.1, 0.15) is 18.2 Å². The van der Waals surface area contributed by atoms with Crippen LogP contribution in [0.3, 0.4) is 0 Å². The van der Waals surface area contributed by atoms with Crippen LogP contribution in [0, 0.1) is 0 Å². The molecule has 46 heavy (non-hydrogen) atoms. The van der Waals surface area contributed by atoms with Crippen molar-refractivity contribution < 1.29 is 62.0 Å². The molecule has 4 unspecified atom stereocenters. The van der Waals surface area contributed by atoms with E-state index in [1.54, 1.807) is 16.8 Å². The van der Waals surface area contributed by atoms with Gasteiger partial charge in [0.05, 0.1) is 26.2 Å². The van der Waals surface area contributed by atoms with Crippen LogP contribution in [0.4, 0.5) is 0 Å². The summed E-state index contributed by atoms with van der Waals surface area (Å²) in [5, 5.41) is 5.78. The molecular formula is C29H48N4O13. The van der Waals surface area contributed by atoms with Crippen molar-refractivity contribution >= 4 is 47.3 Å². The zero-order valence-corrected chi connectivity index (χ0v) is 27.9. The highest BCUT2D eigenvalue weighted by molar-refractivity contribution is 5.80. The Kier molecular flexibility index (Phi) is 20.6. The van der Waals surface area contributed by atoms with Gasteiger partial charge in [-0.2, -0.15) is 0 Å². The molecule has 2 N–H and O–H groups in total. The number of ketones is 2. The zero-order chi connectivity index (χ0) is 35.4. The average molecular weight is 661 g/mol. The van der Waals surface area contributed by atoms with Crippen LogP contribution in [-0.2, 0) is 62.0 Å². The molecule has 0 rings (SSSR count). The number of likely N-dealkylation sites (N-methyl/N-ethyl adjacent to an activating group) is 1. The first-order chi connectivity index (χ1) is 21.4. The van der Waals surface area contributed by atoms with Gasteiger partial charge in [0.15, 0.2) is 24.4 Å². The highest BCUT2D eigenvalue weighted by Gasteiger charge is 2.44. The molecule has 0 radical (unpaired) electrons. The molecule has 0 aromatic heterocycles. The molecule has 0 aliphatic carbocycles. The van der Waals surface area contributed by atoms with E-state index >= 15 is 0 Å². The Morgan fingerprint density at radius 2 is 1.04 bits per heavy atom. The lowest BCUT2D eigenvalue weighted by Crippen LogP contribution is -2.56. The van der Waals surface area contributed by atoms with Gasteiger partial charge in [-0.25, -0.2) is 0 Å². The summed E-state index contributed by atoms with van der Waals surface area (Å²) in [6, 6.07) is 0. The van der Waals surface area contributed by atoms with Crippen LogP contribution in [0.15, 0.2) is 0 Å². The molecule has 262 valence electrons. The normalized spacial score (nSPS) is 13.5. The van der Waals surface area contributed by atoms with Gasteiger partial charge in [-0.1, -0.05) is 0 Å². The highest BCUT2D eigenvalue weighted by Crippen LogP contribution is 2.20. The summed E-state index contributed by atoms with van der Waals surface area (Å²) in [7, 11) is 1.69. The van der Waals surface area contributed by atoms with E-state index in [1.807, 2.05) is 0 Å². The summed E-state index contributed by atoms with van der Waals surface area (Å²) in [5.74, 6) is -4.74. The van der Waals surface area contributed by atoms with Crippen LogP contribution in [-0.4, -0.2) is 148 Å². The van der Waals surface area contributed by atoms with E-state index in [2.05, 4.69) is 10.6 Å². The lowest BCUT2D eigenvalue weighted by Gasteiger charge is -2.35. The molecule has 0 aromatic rings. The number of ether oxygens (including phenoxy) is 5. The van der Waals surface area contributed by atoms with Gasteiger partial charge >= 0.3 is 29.8 Å². The smallest absolute Gasteiger partial charge is 0.303 e. The Labute approximate surface area is 268 Å². The molecule has 0 heterocycles. The van der Waals surface area contributed by atoms with Gasteiger partial charge in [-0.3, -0.25) is 48.2 Å². The Bertz CT molecular complexity index is 1050. The molecule has 4 atom stereocenters. The minimum absolute atomic E-state index is 0.0461. The number of nitrogens with one attached hydrogen (secondary N) is 2. The van der Waals surface area contributed by atoms with E-state index in [4.69, 9.17) is 23.7 Å². The molecule has 0 spiro atoms. The van der Waals surface area contributed by atoms with Crippen LogP contribution in [0.25, 0.3) is 0 Å². The fourth-order valence-electron chi connectivity index (χ4n) is 4.21. The van der Waals surface area contributed by atoms with E-state index in [-0.39, 0.29) is 31.2 Å². The van der Waals surface area contributed by atoms with Crippen molar-refractivity contribution in [1.29, 1.82) is 0 Å². The molecule has 0 fully saturated rings. The van der Waals surface area contributed by atoms with Crippen molar-refractivity contribution in [3.05, 3.63) is 0 Å². The van der Waals surface area contributed by atoms with E-state index in [9.17, 15) is 38.4 Å². The molecule has 0 saturated heterocycles. The number of rotatable bonds is 23. The molecule has 0 aliphatic heterocycles. The second-order valence-electron chi connectivity index (χ2n) is 10.7. The Morgan fingerprint density at radius 3 is 1.50 bits per heavy atom. The number of carbonyl (C=O) groups is 8. The Hall–Kier alpha value is -3.96. The largest absolute Gasteiger partial charge is 0.462 e. The predicted molar refractivity (Wildman–Crippen MR) is 160 cm³/mol. The molecule has 1 amide bonds. The molecule has 17 nitrogen and oxygen atoms in total. The van der Waals surface area contributed by atoms with Gasteiger partial charge in [0, 0.05) is 60.8 Å². The zero-order valence-electron chi connectivity index (χ0n) is 27.9. The number of Topliss-reactive ketones (excluding diaryl/α,β-unsaturated/α-hetero) is 2. The lowest BCUT2D eigenvalue weighted by atomic mass is 10.0. The fraction of sp³-hybridized carbons (Fsp3) is 0.724. The van der Waals surface area contributed by atoms with Crippen LogP contribution < -0.4 is 10.6 Å². The van der Waals surface area contributed by atoms with Crippen molar-refractivity contribution in [1.82, 2.24) is 20.4 Å². The SMILES string of the molecule is CC(=O)CN(CCNCCN(C)CC(=O)NCC(OC(C)=O)C(OC(C)=O)C(OC(C)=O)C(COC(C)=O)OC(C)=O)CC(C)=O. The van der Waals surface area contributed by atoms with Crippen molar-refractivity contribution in [2.75, 3.05) is 66.0 Å². The minimum atomic E-state index is -1.61. The van der Waals surface area contributed by atoms with Gasteiger partial charge < -0.3 is 34.3 Å². The van der Waals surface area contributed by atoms with Gasteiger partial charge in [-0.05, 0) is 20.9 Å². The summed E-state index contributed by atoms with van der Waals surface area (Å²) in [6.07, 6.45) is -6.11. The van der Waals surface area contributed by atoms with E-state index in [0.29, 0.717) is 26.2 Å². The fourth-order valence-corrected chi connectivity index (χ4v) is 4.21. The average Bonchev–Trinajstić information content (AvgIpc) is 2.89. The minimum Gasteiger partial charge on any atom is -0.462 e. The van der Waals surface area contributed by atoms with Crippen molar-refractivity contribution in [2.24, 2.45) is 0 Å². The van der Waals surface area contributed by atoms with Crippen LogP contribution in [0.1, 0.15) is 48.5 Å².